The number of carbonyl (C=O) groups is 1. The third-order valence-electron chi connectivity index (χ3n) is 3.60. The first-order valence-electron chi connectivity index (χ1n) is 7.55. The molecule has 2 rings (SSSR count). The summed E-state index contributed by atoms with van der Waals surface area (Å²) in [6, 6.07) is 13.9. The molecular weight excluding hydrogens is 274 g/mol. The lowest BCUT2D eigenvalue weighted by Crippen LogP contribution is -2.16. The molecule has 0 unspecified atom stereocenters. The molecule has 0 saturated carbocycles. The normalized spacial score (nSPS) is 10.7. The first-order chi connectivity index (χ1) is 10.6. The van der Waals surface area contributed by atoms with Gasteiger partial charge in [-0.3, -0.25) is 4.79 Å². The zero-order valence-electron chi connectivity index (χ0n) is 13.5. The van der Waals surface area contributed by atoms with Crippen LogP contribution in [-0.4, -0.2) is 38.4 Å². The quantitative estimate of drug-likeness (QED) is 0.575. The first kappa shape index (κ1) is 16.2. The fraction of sp³-hybridized carbons (Fsp3) is 0.316. The van der Waals surface area contributed by atoms with Crippen molar-refractivity contribution in [2.45, 2.75) is 13.3 Å². The average Bonchev–Trinajstić information content (AvgIpc) is 2.52. The Morgan fingerprint density at radius 2 is 1.77 bits per heavy atom. The minimum absolute atomic E-state index is 0.599. The van der Waals surface area contributed by atoms with Gasteiger partial charge in [-0.05, 0) is 44.6 Å². The van der Waals surface area contributed by atoms with Crippen LogP contribution < -0.4 is 4.74 Å². The predicted octanol–water partition coefficient (Wildman–Crippen LogP) is 3.81. The molecule has 22 heavy (non-hydrogen) atoms. The van der Waals surface area contributed by atoms with Gasteiger partial charge in [0.1, 0.15) is 5.75 Å². The summed E-state index contributed by atoms with van der Waals surface area (Å²) >= 11 is 0. The van der Waals surface area contributed by atoms with E-state index in [2.05, 4.69) is 24.0 Å². The second-order valence-electron chi connectivity index (χ2n) is 5.66. The largest absolute Gasteiger partial charge is 0.492 e. The highest BCUT2D eigenvalue weighted by Gasteiger charge is 2.12. The zero-order valence-corrected chi connectivity index (χ0v) is 13.5. The third kappa shape index (κ3) is 3.95. The Morgan fingerprint density at radius 1 is 1.05 bits per heavy atom. The van der Waals surface area contributed by atoms with Crippen LogP contribution in [0.25, 0.3) is 11.1 Å². The number of rotatable bonds is 7. The molecule has 0 bridgehead atoms. The molecule has 0 aromatic heterocycles. The van der Waals surface area contributed by atoms with Gasteiger partial charge in [0.05, 0.1) is 12.2 Å². The van der Waals surface area contributed by atoms with Gasteiger partial charge in [-0.1, -0.05) is 36.4 Å². The van der Waals surface area contributed by atoms with E-state index in [9.17, 15) is 4.79 Å². The van der Waals surface area contributed by atoms with Crippen molar-refractivity contribution < 1.29 is 9.53 Å². The van der Waals surface area contributed by atoms with Crippen molar-refractivity contribution in [1.82, 2.24) is 4.90 Å². The van der Waals surface area contributed by atoms with E-state index in [-0.39, 0.29) is 0 Å². The summed E-state index contributed by atoms with van der Waals surface area (Å²) in [5.41, 5.74) is 3.86. The van der Waals surface area contributed by atoms with Gasteiger partial charge in [0.2, 0.25) is 0 Å². The van der Waals surface area contributed by atoms with Crippen LogP contribution in [0.1, 0.15) is 22.3 Å². The van der Waals surface area contributed by atoms with Crippen molar-refractivity contribution in [2.24, 2.45) is 0 Å². The molecule has 0 aliphatic rings. The second kappa shape index (κ2) is 7.76. The predicted molar refractivity (Wildman–Crippen MR) is 90.7 cm³/mol. The Labute approximate surface area is 132 Å². The van der Waals surface area contributed by atoms with E-state index in [1.165, 1.54) is 5.56 Å². The molecule has 3 nitrogen and oxygen atoms in total. The average molecular weight is 297 g/mol. The maximum Gasteiger partial charge on any atom is 0.153 e. The molecule has 0 heterocycles. The number of nitrogens with zero attached hydrogens (tertiary/aromatic N) is 1. The smallest absolute Gasteiger partial charge is 0.153 e. The number of benzene rings is 2. The standard InChI is InChI=1S/C19H23NO2/c1-15-8-4-5-10-17(15)18-11-6-9-16(14-21)19(18)22-13-7-12-20(2)3/h4-6,8-11,14H,7,12-13H2,1-3H3. The molecule has 0 spiro atoms. The maximum absolute atomic E-state index is 11.3. The molecule has 0 amide bonds. The Morgan fingerprint density at radius 3 is 2.45 bits per heavy atom. The summed E-state index contributed by atoms with van der Waals surface area (Å²) in [5.74, 6) is 0.686. The monoisotopic (exact) mass is 297 g/mol. The Hall–Kier alpha value is -2.13. The van der Waals surface area contributed by atoms with E-state index < -0.39 is 0 Å². The van der Waals surface area contributed by atoms with E-state index in [0.717, 1.165) is 30.4 Å². The third-order valence-corrected chi connectivity index (χ3v) is 3.60. The van der Waals surface area contributed by atoms with Crippen molar-refractivity contribution >= 4 is 6.29 Å². The number of para-hydroxylation sites is 1. The van der Waals surface area contributed by atoms with Crippen LogP contribution in [0.2, 0.25) is 0 Å². The van der Waals surface area contributed by atoms with Gasteiger partial charge >= 0.3 is 0 Å². The number of hydrogen-bond donors (Lipinski definition) is 0. The van der Waals surface area contributed by atoms with Crippen LogP contribution in [0.3, 0.4) is 0 Å². The van der Waals surface area contributed by atoms with E-state index in [1.807, 2.05) is 38.4 Å². The van der Waals surface area contributed by atoms with E-state index >= 15 is 0 Å². The minimum atomic E-state index is 0.599. The fourth-order valence-electron chi connectivity index (χ4n) is 2.45. The summed E-state index contributed by atoms with van der Waals surface area (Å²) in [5, 5.41) is 0. The minimum Gasteiger partial charge on any atom is -0.492 e. The molecule has 2 aromatic rings. The van der Waals surface area contributed by atoms with Crippen molar-refractivity contribution in [3.8, 4) is 16.9 Å². The van der Waals surface area contributed by atoms with Crippen LogP contribution >= 0.6 is 0 Å². The van der Waals surface area contributed by atoms with E-state index in [4.69, 9.17) is 4.74 Å². The Bertz CT molecular complexity index is 635. The molecule has 0 aliphatic carbocycles. The fourth-order valence-corrected chi connectivity index (χ4v) is 2.45. The van der Waals surface area contributed by atoms with Gasteiger partial charge in [-0.15, -0.1) is 0 Å². The van der Waals surface area contributed by atoms with Gasteiger partial charge < -0.3 is 9.64 Å². The summed E-state index contributed by atoms with van der Waals surface area (Å²) in [4.78, 5) is 13.5. The number of ether oxygens (including phenoxy) is 1. The first-order valence-corrected chi connectivity index (χ1v) is 7.55. The number of aldehydes is 1. The molecule has 3 heteroatoms. The molecule has 0 aliphatic heterocycles. The highest BCUT2D eigenvalue weighted by Crippen LogP contribution is 2.34. The van der Waals surface area contributed by atoms with Crippen LogP contribution in [0.5, 0.6) is 5.75 Å². The van der Waals surface area contributed by atoms with E-state index in [0.29, 0.717) is 17.9 Å². The molecule has 0 atom stereocenters. The number of aryl methyl sites for hydroxylation is 1. The molecule has 0 radical (unpaired) electrons. The molecule has 0 fully saturated rings. The van der Waals surface area contributed by atoms with Crippen LogP contribution in [0.4, 0.5) is 0 Å². The summed E-state index contributed by atoms with van der Waals surface area (Å²) in [7, 11) is 4.08. The van der Waals surface area contributed by atoms with Gasteiger partial charge in [0, 0.05) is 12.1 Å². The van der Waals surface area contributed by atoms with Crippen LogP contribution in [-0.2, 0) is 0 Å². The molecule has 0 N–H and O–H groups in total. The second-order valence-corrected chi connectivity index (χ2v) is 5.66. The van der Waals surface area contributed by atoms with Crippen LogP contribution in [0, 0.1) is 6.92 Å². The van der Waals surface area contributed by atoms with Crippen molar-refractivity contribution in [2.75, 3.05) is 27.2 Å². The highest BCUT2D eigenvalue weighted by molar-refractivity contribution is 5.86. The van der Waals surface area contributed by atoms with Crippen molar-refractivity contribution in [1.29, 1.82) is 0 Å². The van der Waals surface area contributed by atoms with Crippen molar-refractivity contribution in [3.63, 3.8) is 0 Å². The summed E-state index contributed by atoms with van der Waals surface area (Å²) < 4.78 is 5.96. The lowest BCUT2D eigenvalue weighted by Gasteiger charge is -2.16. The summed E-state index contributed by atoms with van der Waals surface area (Å²) in [6.07, 6.45) is 1.79. The van der Waals surface area contributed by atoms with Gasteiger partial charge in [0.15, 0.2) is 6.29 Å². The van der Waals surface area contributed by atoms with Gasteiger partial charge in [-0.25, -0.2) is 0 Å². The Balaban J connectivity index is 2.30. The molecular formula is C19H23NO2. The SMILES string of the molecule is Cc1ccccc1-c1cccc(C=O)c1OCCCN(C)C. The number of carbonyl (C=O) groups excluding carboxylic acids is 1. The lowest BCUT2D eigenvalue weighted by molar-refractivity contribution is 0.111. The van der Waals surface area contributed by atoms with Crippen LogP contribution in [0.15, 0.2) is 42.5 Å². The highest BCUT2D eigenvalue weighted by atomic mass is 16.5. The maximum atomic E-state index is 11.3. The molecule has 2 aromatic carbocycles. The van der Waals surface area contributed by atoms with E-state index in [1.54, 1.807) is 6.07 Å². The molecule has 0 saturated heterocycles. The summed E-state index contributed by atoms with van der Waals surface area (Å²) in [6.45, 7) is 3.63. The lowest BCUT2D eigenvalue weighted by atomic mass is 9.98. The number of hydrogen-bond acceptors (Lipinski definition) is 3. The van der Waals surface area contributed by atoms with Gasteiger partial charge in [-0.2, -0.15) is 0 Å². The van der Waals surface area contributed by atoms with Gasteiger partial charge in [0.25, 0.3) is 0 Å². The van der Waals surface area contributed by atoms with Crippen molar-refractivity contribution in [3.05, 3.63) is 53.6 Å². The Kier molecular flexibility index (Phi) is 5.73. The molecule has 116 valence electrons. The zero-order chi connectivity index (χ0) is 15.9. The topological polar surface area (TPSA) is 29.5 Å².